The van der Waals surface area contributed by atoms with Gasteiger partial charge < -0.3 is 4.74 Å². The molecular formula is C16H16FN3O3. The van der Waals surface area contributed by atoms with Crippen LogP contribution in [0.1, 0.15) is 22.3 Å². The van der Waals surface area contributed by atoms with Gasteiger partial charge in [0, 0.05) is 18.8 Å². The second-order valence-electron chi connectivity index (χ2n) is 4.71. The molecule has 0 atom stereocenters. The molecule has 23 heavy (non-hydrogen) atoms. The first-order chi connectivity index (χ1) is 11.1. The fourth-order valence-electron chi connectivity index (χ4n) is 1.88. The van der Waals surface area contributed by atoms with E-state index in [4.69, 9.17) is 4.74 Å². The molecular weight excluding hydrogens is 301 g/mol. The van der Waals surface area contributed by atoms with E-state index in [0.717, 1.165) is 0 Å². The standard InChI is InChI=1S/C16H16FN3O3/c1-23-14-6-4-11(9-13(14)17)5-7-15(21)19-20-16(22)12-3-2-8-18-10-12/h2-4,6,8-10H,5,7H2,1H3,(H,19,21)(H,20,22). The van der Waals surface area contributed by atoms with Crippen LogP contribution in [0, 0.1) is 5.82 Å². The second-order valence-corrected chi connectivity index (χ2v) is 4.71. The summed E-state index contributed by atoms with van der Waals surface area (Å²) < 4.78 is 18.4. The Labute approximate surface area is 132 Å². The van der Waals surface area contributed by atoms with Crippen LogP contribution in [0.4, 0.5) is 4.39 Å². The average Bonchev–Trinajstić information content (AvgIpc) is 2.58. The normalized spacial score (nSPS) is 10.0. The summed E-state index contributed by atoms with van der Waals surface area (Å²) in [6.45, 7) is 0. The van der Waals surface area contributed by atoms with Gasteiger partial charge in [-0.05, 0) is 36.2 Å². The van der Waals surface area contributed by atoms with E-state index < -0.39 is 11.7 Å². The molecule has 0 saturated carbocycles. The lowest BCUT2D eigenvalue weighted by Crippen LogP contribution is -2.41. The lowest BCUT2D eigenvalue weighted by molar-refractivity contribution is -0.121. The Bertz CT molecular complexity index is 692. The van der Waals surface area contributed by atoms with Crippen molar-refractivity contribution in [1.82, 2.24) is 15.8 Å². The molecule has 2 rings (SSSR count). The predicted molar refractivity (Wildman–Crippen MR) is 81.1 cm³/mol. The van der Waals surface area contributed by atoms with Crippen LogP contribution in [0.25, 0.3) is 0 Å². The number of hydrazine groups is 1. The van der Waals surface area contributed by atoms with E-state index in [1.165, 1.54) is 25.4 Å². The van der Waals surface area contributed by atoms with E-state index in [9.17, 15) is 14.0 Å². The van der Waals surface area contributed by atoms with Gasteiger partial charge in [0.1, 0.15) is 0 Å². The molecule has 0 aliphatic rings. The van der Waals surface area contributed by atoms with Gasteiger partial charge in [-0.25, -0.2) is 4.39 Å². The smallest absolute Gasteiger partial charge is 0.271 e. The van der Waals surface area contributed by atoms with E-state index in [-0.39, 0.29) is 18.1 Å². The highest BCUT2D eigenvalue weighted by molar-refractivity contribution is 5.95. The number of nitrogens with one attached hydrogen (secondary N) is 2. The fourth-order valence-corrected chi connectivity index (χ4v) is 1.88. The number of hydrogen-bond acceptors (Lipinski definition) is 4. The summed E-state index contributed by atoms with van der Waals surface area (Å²) in [6.07, 6.45) is 3.39. The van der Waals surface area contributed by atoms with E-state index in [1.807, 2.05) is 0 Å². The zero-order valence-electron chi connectivity index (χ0n) is 12.5. The van der Waals surface area contributed by atoms with Crippen LogP contribution >= 0.6 is 0 Å². The van der Waals surface area contributed by atoms with Gasteiger partial charge in [-0.3, -0.25) is 25.4 Å². The molecule has 2 N–H and O–H groups in total. The van der Waals surface area contributed by atoms with Crippen LogP contribution in [0.2, 0.25) is 0 Å². The van der Waals surface area contributed by atoms with Crippen molar-refractivity contribution in [3.05, 3.63) is 59.7 Å². The number of halogens is 1. The highest BCUT2D eigenvalue weighted by Gasteiger charge is 2.08. The molecule has 0 unspecified atom stereocenters. The van der Waals surface area contributed by atoms with Gasteiger partial charge in [-0.1, -0.05) is 6.07 Å². The molecule has 1 aromatic heterocycles. The minimum atomic E-state index is -0.477. The van der Waals surface area contributed by atoms with Crippen LogP contribution in [0.15, 0.2) is 42.7 Å². The highest BCUT2D eigenvalue weighted by atomic mass is 19.1. The van der Waals surface area contributed by atoms with E-state index in [0.29, 0.717) is 17.5 Å². The minimum absolute atomic E-state index is 0.110. The zero-order valence-corrected chi connectivity index (χ0v) is 12.5. The summed E-state index contributed by atoms with van der Waals surface area (Å²) in [7, 11) is 1.39. The maximum Gasteiger partial charge on any atom is 0.271 e. The summed E-state index contributed by atoms with van der Waals surface area (Å²) >= 11 is 0. The summed E-state index contributed by atoms with van der Waals surface area (Å²) in [6, 6.07) is 7.71. The van der Waals surface area contributed by atoms with Crippen molar-refractivity contribution < 1.29 is 18.7 Å². The molecule has 0 saturated heterocycles. The van der Waals surface area contributed by atoms with Gasteiger partial charge in [0.15, 0.2) is 11.6 Å². The zero-order chi connectivity index (χ0) is 16.7. The Balaban J connectivity index is 1.79. The molecule has 2 aromatic rings. The Morgan fingerprint density at radius 2 is 2.09 bits per heavy atom. The van der Waals surface area contributed by atoms with Gasteiger partial charge in [0.2, 0.25) is 5.91 Å². The predicted octanol–water partition coefficient (Wildman–Crippen LogP) is 1.62. The quantitative estimate of drug-likeness (QED) is 0.821. The summed E-state index contributed by atoms with van der Waals surface area (Å²) in [4.78, 5) is 27.2. The monoisotopic (exact) mass is 317 g/mol. The van der Waals surface area contributed by atoms with E-state index >= 15 is 0 Å². The number of methoxy groups -OCH3 is 1. The van der Waals surface area contributed by atoms with Crippen molar-refractivity contribution >= 4 is 11.8 Å². The summed E-state index contributed by atoms with van der Waals surface area (Å²) in [5.74, 6) is -1.15. The largest absolute Gasteiger partial charge is 0.494 e. The molecule has 7 heteroatoms. The first-order valence-electron chi connectivity index (χ1n) is 6.92. The molecule has 0 bridgehead atoms. The van der Waals surface area contributed by atoms with Gasteiger partial charge in [0.05, 0.1) is 12.7 Å². The molecule has 1 heterocycles. The van der Waals surface area contributed by atoms with E-state index in [1.54, 1.807) is 24.4 Å². The second kappa shape index (κ2) is 7.88. The number of nitrogens with zero attached hydrogens (tertiary/aromatic N) is 1. The number of carbonyl (C=O) groups excluding carboxylic acids is 2. The van der Waals surface area contributed by atoms with Crippen molar-refractivity contribution in [3.63, 3.8) is 0 Å². The number of hydrogen-bond donors (Lipinski definition) is 2. The van der Waals surface area contributed by atoms with Gasteiger partial charge >= 0.3 is 0 Å². The summed E-state index contributed by atoms with van der Waals surface area (Å²) in [5.41, 5.74) is 5.60. The number of amides is 2. The fraction of sp³-hybridized carbons (Fsp3) is 0.188. The van der Waals surface area contributed by atoms with Crippen LogP contribution in [-0.2, 0) is 11.2 Å². The van der Waals surface area contributed by atoms with Gasteiger partial charge in [-0.15, -0.1) is 0 Å². The molecule has 0 fully saturated rings. The molecule has 120 valence electrons. The lowest BCUT2D eigenvalue weighted by Gasteiger charge is -2.08. The molecule has 0 radical (unpaired) electrons. The summed E-state index contributed by atoms with van der Waals surface area (Å²) in [5, 5.41) is 0. The van der Waals surface area contributed by atoms with Gasteiger partial charge in [-0.2, -0.15) is 0 Å². The Kier molecular flexibility index (Phi) is 5.62. The number of aryl methyl sites for hydroxylation is 1. The number of ether oxygens (including phenoxy) is 1. The van der Waals surface area contributed by atoms with Crippen molar-refractivity contribution in [2.75, 3.05) is 7.11 Å². The topological polar surface area (TPSA) is 80.3 Å². The SMILES string of the molecule is COc1ccc(CCC(=O)NNC(=O)c2cccnc2)cc1F. The number of aromatic nitrogens is 1. The first-order valence-corrected chi connectivity index (χ1v) is 6.92. The molecule has 2 amide bonds. The molecule has 6 nitrogen and oxygen atoms in total. The van der Waals surface area contributed by atoms with Crippen molar-refractivity contribution in [1.29, 1.82) is 0 Å². The molecule has 0 aliphatic heterocycles. The van der Waals surface area contributed by atoms with Crippen LogP contribution < -0.4 is 15.6 Å². The maximum absolute atomic E-state index is 13.5. The van der Waals surface area contributed by atoms with E-state index in [2.05, 4.69) is 15.8 Å². The third-order valence-electron chi connectivity index (χ3n) is 3.10. The third-order valence-corrected chi connectivity index (χ3v) is 3.10. The number of carbonyl (C=O) groups is 2. The Hall–Kier alpha value is -2.96. The lowest BCUT2D eigenvalue weighted by atomic mass is 10.1. The molecule has 0 spiro atoms. The van der Waals surface area contributed by atoms with Crippen molar-refractivity contribution in [3.8, 4) is 5.75 Å². The van der Waals surface area contributed by atoms with Crippen molar-refractivity contribution in [2.24, 2.45) is 0 Å². The number of rotatable bonds is 5. The van der Waals surface area contributed by atoms with Gasteiger partial charge in [0.25, 0.3) is 5.91 Å². The Morgan fingerprint density at radius 3 is 2.74 bits per heavy atom. The Morgan fingerprint density at radius 1 is 1.26 bits per heavy atom. The molecule has 1 aromatic carbocycles. The van der Waals surface area contributed by atoms with Crippen LogP contribution in [-0.4, -0.2) is 23.9 Å². The van der Waals surface area contributed by atoms with Crippen molar-refractivity contribution in [2.45, 2.75) is 12.8 Å². The molecule has 0 aliphatic carbocycles. The first kappa shape index (κ1) is 16.4. The number of pyridine rings is 1. The van der Waals surface area contributed by atoms with Crippen LogP contribution in [0.3, 0.4) is 0 Å². The highest BCUT2D eigenvalue weighted by Crippen LogP contribution is 2.18. The maximum atomic E-state index is 13.5. The minimum Gasteiger partial charge on any atom is -0.494 e. The number of benzene rings is 1. The van der Waals surface area contributed by atoms with Crippen LogP contribution in [0.5, 0.6) is 5.75 Å². The average molecular weight is 317 g/mol. The third kappa shape index (κ3) is 4.77.